The molecular weight excluding hydrogens is 604 g/mol. The van der Waals surface area contributed by atoms with Gasteiger partial charge in [-0.25, -0.2) is 23.3 Å². The van der Waals surface area contributed by atoms with Gasteiger partial charge in [-0.3, -0.25) is 9.59 Å². The number of ether oxygens (including phenoxy) is 2. The zero-order valence-electron chi connectivity index (χ0n) is 24.0. The summed E-state index contributed by atoms with van der Waals surface area (Å²) in [5.41, 5.74) is 3.27. The summed E-state index contributed by atoms with van der Waals surface area (Å²) in [6.45, 7) is 2.87. The van der Waals surface area contributed by atoms with Crippen molar-refractivity contribution < 1.29 is 32.3 Å². The summed E-state index contributed by atoms with van der Waals surface area (Å²) in [4.78, 5) is 44.7. The molecule has 0 saturated heterocycles. The standard InChI is InChI=1S/C31H30N4O7S2/c1-3-12-33-30(37)25-9-8-21(27(35-25)31(38)41-2)22-16-26-24(28-19(10-13-42-26)11-14-43-28)15-23(22)29(36)34-17-18-4-6-20(7-5-18)44(32,39)40/h4-9,11,14-16H,3,10,12-13,17H2,1-2H3,(H,33,37)(H,34,36)(H2,32,39,40). The van der Waals surface area contributed by atoms with E-state index in [0.29, 0.717) is 36.4 Å². The maximum Gasteiger partial charge on any atom is 0.357 e. The van der Waals surface area contributed by atoms with E-state index in [1.165, 1.54) is 36.6 Å². The lowest BCUT2D eigenvalue weighted by atomic mass is 9.93. The van der Waals surface area contributed by atoms with Gasteiger partial charge in [0.25, 0.3) is 11.8 Å². The van der Waals surface area contributed by atoms with Crippen LogP contribution >= 0.6 is 11.3 Å². The number of amides is 2. The minimum absolute atomic E-state index is 0.0331. The molecule has 0 saturated carbocycles. The molecule has 228 valence electrons. The third-order valence-electron chi connectivity index (χ3n) is 7.02. The molecule has 0 unspecified atom stereocenters. The van der Waals surface area contributed by atoms with Crippen molar-refractivity contribution in [3.05, 3.63) is 88.1 Å². The largest absolute Gasteiger partial charge is 0.493 e. The molecule has 2 aromatic carbocycles. The predicted molar refractivity (Wildman–Crippen MR) is 165 cm³/mol. The Hall–Kier alpha value is -4.59. The number of carbonyl (C=O) groups excluding carboxylic acids is 3. The van der Waals surface area contributed by atoms with Crippen LogP contribution in [0.2, 0.25) is 0 Å². The van der Waals surface area contributed by atoms with Crippen LogP contribution in [0, 0.1) is 0 Å². The number of carbonyl (C=O) groups is 3. The number of benzene rings is 2. The first-order chi connectivity index (χ1) is 21.1. The highest BCUT2D eigenvalue weighted by molar-refractivity contribution is 7.89. The molecule has 0 fully saturated rings. The summed E-state index contributed by atoms with van der Waals surface area (Å²) < 4.78 is 34.3. The molecule has 2 aromatic heterocycles. The molecule has 4 N–H and O–H groups in total. The molecule has 11 nitrogen and oxygen atoms in total. The first-order valence-corrected chi connectivity index (χ1v) is 16.2. The van der Waals surface area contributed by atoms with Gasteiger partial charge in [-0.2, -0.15) is 0 Å². The van der Waals surface area contributed by atoms with Gasteiger partial charge in [-0.15, -0.1) is 11.3 Å². The molecule has 2 amide bonds. The van der Waals surface area contributed by atoms with Crippen LogP contribution in [0.25, 0.3) is 21.6 Å². The van der Waals surface area contributed by atoms with Crippen molar-refractivity contribution in [1.82, 2.24) is 15.6 Å². The number of esters is 1. The number of methoxy groups -OCH3 is 1. The van der Waals surface area contributed by atoms with Gasteiger partial charge in [0, 0.05) is 46.6 Å². The van der Waals surface area contributed by atoms with Gasteiger partial charge >= 0.3 is 5.97 Å². The van der Waals surface area contributed by atoms with Gasteiger partial charge in [0.2, 0.25) is 10.0 Å². The van der Waals surface area contributed by atoms with Crippen LogP contribution in [0.4, 0.5) is 0 Å². The van der Waals surface area contributed by atoms with Crippen LogP contribution in [-0.2, 0) is 27.7 Å². The van der Waals surface area contributed by atoms with Gasteiger partial charge in [0.1, 0.15) is 11.4 Å². The maximum atomic E-state index is 13.8. The zero-order chi connectivity index (χ0) is 31.4. The number of pyridine rings is 1. The fraction of sp³-hybridized carbons (Fsp3) is 0.226. The Morgan fingerprint density at radius 1 is 1.00 bits per heavy atom. The molecule has 0 radical (unpaired) electrons. The highest BCUT2D eigenvalue weighted by atomic mass is 32.2. The van der Waals surface area contributed by atoms with Gasteiger partial charge in [0.05, 0.1) is 18.6 Å². The molecule has 4 aromatic rings. The van der Waals surface area contributed by atoms with Crippen molar-refractivity contribution in [2.24, 2.45) is 5.14 Å². The average Bonchev–Trinajstić information content (AvgIpc) is 3.42. The Morgan fingerprint density at radius 3 is 2.48 bits per heavy atom. The fourth-order valence-corrected chi connectivity index (χ4v) is 6.28. The van der Waals surface area contributed by atoms with Crippen LogP contribution < -0.4 is 20.5 Å². The molecule has 1 aliphatic rings. The average molecular weight is 635 g/mol. The van der Waals surface area contributed by atoms with Crippen molar-refractivity contribution in [3.8, 4) is 27.3 Å². The quantitative estimate of drug-likeness (QED) is 0.233. The number of hydrogen-bond acceptors (Lipinski definition) is 9. The molecule has 44 heavy (non-hydrogen) atoms. The Morgan fingerprint density at radius 2 is 1.77 bits per heavy atom. The second-order valence-corrected chi connectivity index (χ2v) is 12.5. The summed E-state index contributed by atoms with van der Waals surface area (Å²) in [5, 5.41) is 12.8. The van der Waals surface area contributed by atoms with Crippen molar-refractivity contribution >= 4 is 39.1 Å². The summed E-state index contributed by atoms with van der Waals surface area (Å²) in [7, 11) is -2.64. The van der Waals surface area contributed by atoms with E-state index < -0.39 is 27.8 Å². The number of nitrogens with zero attached hydrogens (tertiary/aromatic N) is 1. The molecule has 5 rings (SSSR count). The maximum absolute atomic E-state index is 13.8. The zero-order valence-corrected chi connectivity index (χ0v) is 25.6. The third kappa shape index (κ3) is 6.49. The smallest absolute Gasteiger partial charge is 0.357 e. The lowest BCUT2D eigenvalue weighted by Gasteiger charge is -2.17. The van der Waals surface area contributed by atoms with Crippen LogP contribution in [0.1, 0.15) is 55.8 Å². The fourth-order valence-electron chi connectivity index (χ4n) is 4.79. The first-order valence-electron chi connectivity index (χ1n) is 13.8. The van der Waals surface area contributed by atoms with E-state index in [4.69, 9.17) is 14.6 Å². The van der Waals surface area contributed by atoms with E-state index in [1.807, 2.05) is 18.4 Å². The van der Waals surface area contributed by atoms with E-state index >= 15 is 0 Å². The van der Waals surface area contributed by atoms with Gasteiger partial charge < -0.3 is 20.1 Å². The van der Waals surface area contributed by atoms with E-state index in [-0.39, 0.29) is 34.0 Å². The van der Waals surface area contributed by atoms with Gasteiger partial charge in [-0.05, 0) is 65.4 Å². The van der Waals surface area contributed by atoms with Crippen molar-refractivity contribution in [2.45, 2.75) is 31.2 Å². The normalized spacial score (nSPS) is 12.2. The Bertz CT molecular complexity index is 1850. The molecule has 13 heteroatoms. The van der Waals surface area contributed by atoms with E-state index in [0.717, 1.165) is 22.4 Å². The highest BCUT2D eigenvalue weighted by Gasteiger charge is 2.27. The molecule has 0 spiro atoms. The lowest BCUT2D eigenvalue weighted by molar-refractivity contribution is 0.0594. The number of fused-ring (bicyclic) bond motifs is 3. The van der Waals surface area contributed by atoms with Gasteiger partial charge in [-0.1, -0.05) is 19.1 Å². The number of sulfonamides is 1. The summed E-state index contributed by atoms with van der Waals surface area (Å²) >= 11 is 1.54. The van der Waals surface area contributed by atoms with Crippen LogP contribution in [0.15, 0.2) is 64.9 Å². The van der Waals surface area contributed by atoms with E-state index in [2.05, 4.69) is 15.6 Å². The van der Waals surface area contributed by atoms with E-state index in [1.54, 1.807) is 30.3 Å². The van der Waals surface area contributed by atoms with Crippen LogP contribution in [0.5, 0.6) is 5.75 Å². The number of primary sulfonamides is 1. The minimum Gasteiger partial charge on any atom is -0.493 e. The van der Waals surface area contributed by atoms with Crippen molar-refractivity contribution in [1.29, 1.82) is 0 Å². The minimum atomic E-state index is -3.86. The summed E-state index contributed by atoms with van der Waals surface area (Å²) in [6, 6.07) is 14.4. The SMILES string of the molecule is CCCNC(=O)c1ccc(-c2cc3c(cc2C(=O)NCc2ccc(S(N)(=O)=O)cc2)-c2sccc2CCO3)c(C(=O)OC)n1. The third-order valence-corrected chi connectivity index (χ3v) is 8.94. The number of hydrogen-bond donors (Lipinski definition) is 3. The van der Waals surface area contributed by atoms with Crippen molar-refractivity contribution in [3.63, 3.8) is 0 Å². The first kappa shape index (κ1) is 30.9. The number of rotatable bonds is 9. The monoisotopic (exact) mass is 634 g/mol. The molecule has 3 heterocycles. The number of nitrogens with two attached hydrogens (primary N) is 1. The molecule has 0 aliphatic carbocycles. The topological polar surface area (TPSA) is 167 Å². The number of aromatic nitrogens is 1. The van der Waals surface area contributed by atoms with Crippen LogP contribution in [-0.4, -0.2) is 51.4 Å². The van der Waals surface area contributed by atoms with Crippen LogP contribution in [0.3, 0.4) is 0 Å². The molecule has 0 bridgehead atoms. The Kier molecular flexibility index (Phi) is 9.09. The second-order valence-electron chi connectivity index (χ2n) is 9.98. The van der Waals surface area contributed by atoms with Gasteiger partial charge in [0.15, 0.2) is 5.69 Å². The molecule has 1 aliphatic heterocycles. The van der Waals surface area contributed by atoms with Crippen molar-refractivity contribution in [2.75, 3.05) is 20.3 Å². The second kappa shape index (κ2) is 13.0. The predicted octanol–water partition coefficient (Wildman–Crippen LogP) is 3.92. The summed E-state index contributed by atoms with van der Waals surface area (Å²) in [5.74, 6) is -1.13. The Labute approximate surface area is 258 Å². The number of thiophene rings is 1. The lowest BCUT2D eigenvalue weighted by Crippen LogP contribution is -2.26. The molecular formula is C31H30N4O7S2. The summed E-state index contributed by atoms with van der Waals surface area (Å²) in [6.07, 6.45) is 1.42. The Balaban J connectivity index is 1.59. The number of nitrogens with one attached hydrogen (secondary N) is 2. The molecule has 0 atom stereocenters. The van der Waals surface area contributed by atoms with E-state index in [9.17, 15) is 22.8 Å². The highest BCUT2D eigenvalue weighted by Crippen LogP contribution is 2.43.